The highest BCUT2D eigenvalue weighted by molar-refractivity contribution is 5.95. The maximum atomic E-state index is 14.1. The van der Waals surface area contributed by atoms with Crippen LogP contribution in [0.3, 0.4) is 0 Å². The first kappa shape index (κ1) is 38.1. The third kappa shape index (κ3) is 9.71. The Labute approximate surface area is 274 Å². The molecule has 4 unspecified atom stereocenters. The minimum absolute atomic E-state index is 0.126. The minimum Gasteiger partial charge on any atom is -0.497 e. The number of nitrogens with zero attached hydrogens (tertiary/aromatic N) is 2. The largest absolute Gasteiger partial charge is 0.497 e. The number of hydrogen-bond donors (Lipinski definition) is 2. The summed E-state index contributed by atoms with van der Waals surface area (Å²) < 4.78 is 11.2. The molecule has 11 nitrogen and oxygen atoms in total. The van der Waals surface area contributed by atoms with Crippen LogP contribution in [0.4, 0.5) is 0 Å². The van der Waals surface area contributed by atoms with E-state index in [4.69, 9.17) is 15.9 Å². The second kappa shape index (κ2) is 17.6. The number of rotatable bonds is 9. The summed E-state index contributed by atoms with van der Waals surface area (Å²) in [5.74, 6) is -0.978. The fourth-order valence-corrected chi connectivity index (χ4v) is 5.29. The number of unbranched alkanes of at least 4 members (excludes halogenated alkanes) is 1. The van der Waals surface area contributed by atoms with Crippen LogP contribution in [0.25, 0.3) is 0 Å². The lowest BCUT2D eigenvalue weighted by Crippen LogP contribution is -2.60. The van der Waals surface area contributed by atoms with Crippen LogP contribution in [0.1, 0.15) is 72.8 Å². The number of carbonyl (C=O) groups is 5. The zero-order valence-corrected chi connectivity index (χ0v) is 28.8. The molecule has 1 aromatic carbocycles. The summed E-state index contributed by atoms with van der Waals surface area (Å²) in [7, 11) is 4.57. The van der Waals surface area contributed by atoms with Gasteiger partial charge < -0.3 is 29.9 Å². The van der Waals surface area contributed by atoms with E-state index in [1.807, 2.05) is 13.8 Å². The van der Waals surface area contributed by atoms with E-state index in [2.05, 4.69) is 16.6 Å². The molecule has 11 heteroatoms. The number of terminal acetylenes is 1. The van der Waals surface area contributed by atoms with Gasteiger partial charge in [0, 0.05) is 38.9 Å². The van der Waals surface area contributed by atoms with Crippen LogP contribution in [0.2, 0.25) is 0 Å². The standard InChI is InChI=1S/C35H52N4O7/c1-11-13-14-15-27-23(6)35(44)46-30(22(5)12-2)34(43)39(9)28(20-25-16-18-26(45-10)19-17-25)32(41)37-29(21(3)4)33(42)38(8)24(7)31(40)36-27/h1,16-19,21-24,27-30H,12-15,20H2,2-10H3,(H,36,40)(H,37,41)/t22?,23?,24-,27?,28-,29-,30?/m0/s1. The summed E-state index contributed by atoms with van der Waals surface area (Å²) in [5, 5.41) is 5.79. The maximum absolute atomic E-state index is 14.1. The molecule has 7 atom stereocenters. The van der Waals surface area contributed by atoms with Crippen LogP contribution in [0.5, 0.6) is 5.75 Å². The molecule has 1 aliphatic heterocycles. The van der Waals surface area contributed by atoms with E-state index in [-0.39, 0.29) is 18.3 Å². The Morgan fingerprint density at radius 3 is 2.13 bits per heavy atom. The van der Waals surface area contributed by atoms with Crippen molar-refractivity contribution in [2.24, 2.45) is 17.8 Å². The predicted molar refractivity (Wildman–Crippen MR) is 175 cm³/mol. The molecule has 0 saturated carbocycles. The highest BCUT2D eigenvalue weighted by atomic mass is 16.5. The second-order valence-corrected chi connectivity index (χ2v) is 12.6. The molecular weight excluding hydrogens is 588 g/mol. The minimum atomic E-state index is -1.18. The zero-order chi connectivity index (χ0) is 34.7. The van der Waals surface area contributed by atoms with Gasteiger partial charge in [-0.1, -0.05) is 39.8 Å². The number of nitrogens with one attached hydrogen (secondary N) is 2. The molecule has 0 spiro atoms. The van der Waals surface area contributed by atoms with Gasteiger partial charge in [-0.3, -0.25) is 24.0 Å². The van der Waals surface area contributed by atoms with E-state index in [1.54, 1.807) is 59.1 Å². The fraction of sp³-hybridized carbons (Fsp3) is 0.629. The van der Waals surface area contributed by atoms with Crippen LogP contribution < -0.4 is 15.4 Å². The highest BCUT2D eigenvalue weighted by Gasteiger charge is 2.40. The molecule has 254 valence electrons. The summed E-state index contributed by atoms with van der Waals surface area (Å²) in [6.45, 7) is 10.5. The third-order valence-electron chi connectivity index (χ3n) is 9.03. The molecule has 1 saturated heterocycles. The van der Waals surface area contributed by atoms with E-state index >= 15 is 0 Å². The van der Waals surface area contributed by atoms with Gasteiger partial charge in [-0.05, 0) is 56.7 Å². The van der Waals surface area contributed by atoms with Crippen LogP contribution in [-0.2, 0) is 35.1 Å². The number of amides is 4. The van der Waals surface area contributed by atoms with Crippen LogP contribution in [0, 0.1) is 30.1 Å². The van der Waals surface area contributed by atoms with Gasteiger partial charge in [-0.25, -0.2) is 0 Å². The van der Waals surface area contributed by atoms with Crippen molar-refractivity contribution in [3.05, 3.63) is 29.8 Å². The van der Waals surface area contributed by atoms with Crippen molar-refractivity contribution >= 4 is 29.6 Å². The van der Waals surface area contributed by atoms with Gasteiger partial charge in [0.05, 0.1) is 13.0 Å². The SMILES string of the molecule is C#CCCCC1NC(=O)[C@H](C)N(C)C(=O)[C@H](C(C)C)NC(=O)[C@H](Cc2ccc(OC)cc2)N(C)C(=O)C(C(C)CC)OC(=O)C1C. The van der Waals surface area contributed by atoms with Gasteiger partial charge in [0.25, 0.3) is 5.91 Å². The summed E-state index contributed by atoms with van der Waals surface area (Å²) >= 11 is 0. The molecule has 46 heavy (non-hydrogen) atoms. The first-order chi connectivity index (χ1) is 21.7. The number of cyclic esters (lactones) is 1. The maximum Gasteiger partial charge on any atom is 0.311 e. The molecule has 0 aromatic heterocycles. The molecule has 2 N–H and O–H groups in total. The Morgan fingerprint density at radius 2 is 1.59 bits per heavy atom. The fourth-order valence-electron chi connectivity index (χ4n) is 5.29. The summed E-state index contributed by atoms with van der Waals surface area (Å²) in [5.41, 5.74) is 0.755. The smallest absolute Gasteiger partial charge is 0.311 e. The highest BCUT2D eigenvalue weighted by Crippen LogP contribution is 2.23. The van der Waals surface area contributed by atoms with Crippen molar-refractivity contribution in [3.63, 3.8) is 0 Å². The number of likely N-dealkylation sites (N-methyl/N-ethyl adjacent to an activating group) is 2. The molecule has 2 rings (SSSR count). The van der Waals surface area contributed by atoms with Crippen molar-refractivity contribution in [2.45, 2.75) is 104 Å². The number of carbonyl (C=O) groups excluding carboxylic acids is 5. The molecule has 0 radical (unpaired) electrons. The van der Waals surface area contributed by atoms with Gasteiger partial charge in [0.2, 0.25) is 17.7 Å². The first-order valence-electron chi connectivity index (χ1n) is 16.1. The van der Waals surface area contributed by atoms with E-state index < -0.39 is 65.8 Å². The molecular formula is C35H52N4O7. The summed E-state index contributed by atoms with van der Waals surface area (Å²) in [6.07, 6.45) is 6.32. The lowest BCUT2D eigenvalue weighted by Gasteiger charge is -2.36. The Morgan fingerprint density at radius 1 is 0.957 bits per heavy atom. The van der Waals surface area contributed by atoms with Crippen LogP contribution in [0.15, 0.2) is 24.3 Å². The van der Waals surface area contributed by atoms with Crippen molar-refractivity contribution in [1.82, 2.24) is 20.4 Å². The number of benzene rings is 1. The molecule has 0 bridgehead atoms. The zero-order valence-electron chi connectivity index (χ0n) is 28.8. The van der Waals surface area contributed by atoms with Crippen LogP contribution in [-0.4, -0.2) is 90.9 Å². The normalized spacial score (nSPS) is 26.2. The van der Waals surface area contributed by atoms with E-state index in [9.17, 15) is 24.0 Å². The van der Waals surface area contributed by atoms with Gasteiger partial charge >= 0.3 is 5.97 Å². The van der Waals surface area contributed by atoms with E-state index in [0.29, 0.717) is 31.4 Å². The van der Waals surface area contributed by atoms with Crippen molar-refractivity contribution in [1.29, 1.82) is 0 Å². The molecule has 1 aliphatic rings. The number of esters is 1. The van der Waals surface area contributed by atoms with E-state index in [0.717, 1.165) is 5.56 Å². The van der Waals surface area contributed by atoms with Crippen molar-refractivity contribution in [3.8, 4) is 18.1 Å². The van der Waals surface area contributed by atoms with Gasteiger partial charge in [0.15, 0.2) is 6.10 Å². The molecule has 1 fully saturated rings. The average Bonchev–Trinajstić information content (AvgIpc) is 3.05. The van der Waals surface area contributed by atoms with E-state index in [1.165, 1.54) is 23.9 Å². The topological polar surface area (TPSA) is 134 Å². The monoisotopic (exact) mass is 640 g/mol. The van der Waals surface area contributed by atoms with Gasteiger partial charge in [-0.15, -0.1) is 12.3 Å². The molecule has 0 aliphatic carbocycles. The number of ether oxygens (including phenoxy) is 2. The van der Waals surface area contributed by atoms with Crippen molar-refractivity contribution < 1.29 is 33.4 Å². The molecule has 4 amide bonds. The van der Waals surface area contributed by atoms with Gasteiger partial charge in [-0.2, -0.15) is 0 Å². The first-order valence-corrected chi connectivity index (χ1v) is 16.1. The Hall–Kier alpha value is -4.07. The van der Waals surface area contributed by atoms with Crippen molar-refractivity contribution in [2.75, 3.05) is 21.2 Å². The molecule has 1 aromatic rings. The summed E-state index contributed by atoms with van der Waals surface area (Å²) in [4.78, 5) is 71.6. The predicted octanol–water partition coefficient (Wildman–Crippen LogP) is 2.95. The van der Waals surface area contributed by atoms with Gasteiger partial charge in [0.1, 0.15) is 23.9 Å². The second-order valence-electron chi connectivity index (χ2n) is 12.6. The Bertz CT molecular complexity index is 1260. The number of methoxy groups -OCH3 is 1. The van der Waals surface area contributed by atoms with Crippen LogP contribution >= 0.6 is 0 Å². The Balaban J connectivity index is 2.66. The third-order valence-corrected chi connectivity index (χ3v) is 9.03. The summed E-state index contributed by atoms with van der Waals surface area (Å²) in [6, 6.07) is 3.54. The average molecular weight is 641 g/mol. The quantitative estimate of drug-likeness (QED) is 0.241. The lowest BCUT2D eigenvalue weighted by atomic mass is 9.94. The Kier molecular flexibility index (Phi) is 14.6. The lowest BCUT2D eigenvalue weighted by molar-refractivity contribution is -0.168. The molecule has 1 heterocycles. The number of hydrogen-bond acceptors (Lipinski definition) is 7.